The minimum Gasteiger partial charge on any atom is -0.333 e. The Bertz CT molecular complexity index is 1110. The maximum atomic E-state index is 13.1. The van der Waals surface area contributed by atoms with Crippen molar-refractivity contribution in [2.45, 2.75) is 44.8 Å². The van der Waals surface area contributed by atoms with E-state index in [0.29, 0.717) is 22.5 Å². The maximum absolute atomic E-state index is 13.1. The molecule has 1 aliphatic carbocycles. The topological polar surface area (TPSA) is 55.2 Å². The first kappa shape index (κ1) is 20.1. The van der Waals surface area contributed by atoms with Gasteiger partial charge in [0.05, 0.1) is 23.3 Å². The number of carbonyl (C=O) groups excluding carboxylic acids is 1. The molecule has 2 aromatic carbocycles. The first-order chi connectivity index (χ1) is 13.9. The normalized spacial score (nSPS) is 14.7. The summed E-state index contributed by atoms with van der Waals surface area (Å²) in [6, 6.07) is 13.3. The second kappa shape index (κ2) is 8.28. The molecule has 1 amide bonds. The van der Waals surface area contributed by atoms with E-state index in [1.807, 2.05) is 42.2 Å². The Hall–Kier alpha value is -2.18. The van der Waals surface area contributed by atoms with Crippen LogP contribution >= 0.6 is 27.5 Å². The Kier molecular flexibility index (Phi) is 5.74. The van der Waals surface area contributed by atoms with E-state index < -0.39 is 0 Å². The van der Waals surface area contributed by atoms with Crippen LogP contribution in [-0.4, -0.2) is 26.4 Å². The highest BCUT2D eigenvalue weighted by Crippen LogP contribution is 2.35. The predicted octanol–water partition coefficient (Wildman–Crippen LogP) is 4.95. The average Bonchev–Trinajstić information content (AvgIpc) is 3.53. The van der Waals surface area contributed by atoms with Gasteiger partial charge in [-0.3, -0.25) is 14.2 Å². The minimum absolute atomic E-state index is 0.0327. The maximum Gasteiger partial charge on any atom is 0.261 e. The molecule has 1 fully saturated rings. The first-order valence-corrected chi connectivity index (χ1v) is 10.8. The molecular weight excluding hydrogens is 454 g/mol. The van der Waals surface area contributed by atoms with Crippen molar-refractivity contribution in [1.82, 2.24) is 14.5 Å². The number of nitrogens with zero attached hydrogens (tertiary/aromatic N) is 3. The fraction of sp³-hybridized carbons (Fsp3) is 0.318. The third-order valence-electron chi connectivity index (χ3n) is 5.35. The molecule has 1 atom stereocenters. The van der Waals surface area contributed by atoms with E-state index in [1.165, 1.54) is 10.9 Å². The largest absolute Gasteiger partial charge is 0.333 e. The summed E-state index contributed by atoms with van der Waals surface area (Å²) in [5.74, 6) is 0.0520. The predicted molar refractivity (Wildman–Crippen MR) is 118 cm³/mol. The van der Waals surface area contributed by atoms with Gasteiger partial charge in [-0.1, -0.05) is 39.7 Å². The molecule has 0 saturated heterocycles. The van der Waals surface area contributed by atoms with Gasteiger partial charge in [0.2, 0.25) is 5.91 Å². The van der Waals surface area contributed by atoms with Crippen molar-refractivity contribution in [2.75, 3.05) is 0 Å². The van der Waals surface area contributed by atoms with E-state index >= 15 is 0 Å². The van der Waals surface area contributed by atoms with Crippen molar-refractivity contribution >= 4 is 44.3 Å². The monoisotopic (exact) mass is 473 g/mol. The summed E-state index contributed by atoms with van der Waals surface area (Å²) in [7, 11) is 0. The molecule has 1 aliphatic rings. The Balaban J connectivity index is 1.52. The van der Waals surface area contributed by atoms with Gasteiger partial charge in [0.1, 0.15) is 0 Å². The van der Waals surface area contributed by atoms with Crippen LogP contribution in [-0.2, 0) is 11.3 Å². The van der Waals surface area contributed by atoms with Crippen molar-refractivity contribution in [3.05, 3.63) is 74.2 Å². The number of amides is 1. The highest BCUT2D eigenvalue weighted by Gasteiger charge is 2.35. The number of rotatable bonds is 6. The number of hydrogen-bond acceptors (Lipinski definition) is 3. The molecular formula is C22H21BrClN3O2. The average molecular weight is 475 g/mol. The van der Waals surface area contributed by atoms with Gasteiger partial charge in [-0.2, -0.15) is 0 Å². The van der Waals surface area contributed by atoms with Crippen molar-refractivity contribution in [3.63, 3.8) is 0 Å². The first-order valence-electron chi connectivity index (χ1n) is 9.65. The van der Waals surface area contributed by atoms with Gasteiger partial charge in [-0.15, -0.1) is 0 Å². The van der Waals surface area contributed by atoms with Crippen molar-refractivity contribution < 1.29 is 4.79 Å². The summed E-state index contributed by atoms with van der Waals surface area (Å²) < 4.78 is 2.35. The molecule has 0 aliphatic heterocycles. The zero-order chi connectivity index (χ0) is 20.5. The van der Waals surface area contributed by atoms with Gasteiger partial charge in [0.15, 0.2) is 0 Å². The van der Waals surface area contributed by atoms with Crippen molar-refractivity contribution in [2.24, 2.45) is 0 Å². The third-order valence-corrected chi connectivity index (χ3v) is 6.10. The van der Waals surface area contributed by atoms with E-state index in [4.69, 9.17) is 11.6 Å². The Morgan fingerprint density at radius 1 is 1.28 bits per heavy atom. The second-order valence-electron chi connectivity index (χ2n) is 7.41. The summed E-state index contributed by atoms with van der Waals surface area (Å²) in [4.78, 5) is 32.1. The van der Waals surface area contributed by atoms with Crippen LogP contribution in [0.3, 0.4) is 0 Å². The van der Waals surface area contributed by atoms with Gasteiger partial charge in [-0.05, 0) is 55.7 Å². The Morgan fingerprint density at radius 2 is 2.00 bits per heavy atom. The quantitative estimate of drug-likeness (QED) is 0.508. The standard InChI is InChI=1S/C22H21BrClN3O2/c1-14(15-2-5-17(24)6-3-15)27(18-7-8-18)21(28)10-11-26-13-25-20-9-4-16(23)12-19(20)22(26)29/h2-6,9,12-14,18H,7-8,10-11H2,1H3. The fourth-order valence-corrected chi connectivity index (χ4v) is 4.11. The van der Waals surface area contributed by atoms with Gasteiger partial charge in [-0.25, -0.2) is 4.98 Å². The molecule has 150 valence electrons. The SMILES string of the molecule is CC(c1ccc(Cl)cc1)N(C(=O)CCn1cnc2ccc(Br)cc2c1=O)C1CC1. The van der Waals surface area contributed by atoms with E-state index in [1.54, 1.807) is 12.1 Å². The Morgan fingerprint density at radius 3 is 2.69 bits per heavy atom. The van der Waals surface area contributed by atoms with E-state index in [2.05, 4.69) is 20.9 Å². The van der Waals surface area contributed by atoms with E-state index in [-0.39, 0.29) is 30.0 Å². The Labute approximate surface area is 182 Å². The molecule has 0 radical (unpaired) electrons. The van der Waals surface area contributed by atoms with Gasteiger partial charge >= 0.3 is 0 Å². The molecule has 7 heteroatoms. The van der Waals surface area contributed by atoms with Crippen LogP contribution < -0.4 is 5.56 Å². The number of benzene rings is 2. The lowest BCUT2D eigenvalue weighted by Gasteiger charge is -2.30. The number of carbonyl (C=O) groups is 1. The van der Waals surface area contributed by atoms with Gasteiger partial charge < -0.3 is 4.90 Å². The van der Waals surface area contributed by atoms with E-state index in [9.17, 15) is 9.59 Å². The molecule has 5 nitrogen and oxygen atoms in total. The van der Waals surface area contributed by atoms with E-state index in [0.717, 1.165) is 22.9 Å². The van der Waals surface area contributed by atoms with Crippen LogP contribution in [0.15, 0.2) is 58.1 Å². The fourth-order valence-electron chi connectivity index (χ4n) is 3.63. The molecule has 0 bridgehead atoms. The van der Waals surface area contributed by atoms with Gasteiger partial charge in [0, 0.05) is 28.5 Å². The number of halogens is 2. The molecule has 1 heterocycles. The van der Waals surface area contributed by atoms with Crippen LogP contribution in [0.1, 0.15) is 37.8 Å². The van der Waals surface area contributed by atoms with Crippen LogP contribution in [0.2, 0.25) is 5.02 Å². The summed E-state index contributed by atoms with van der Waals surface area (Å²) in [6.45, 7) is 2.35. The van der Waals surface area contributed by atoms with Crippen LogP contribution in [0.25, 0.3) is 10.9 Å². The molecule has 29 heavy (non-hydrogen) atoms. The number of fused-ring (bicyclic) bond motifs is 1. The lowest BCUT2D eigenvalue weighted by molar-refractivity contribution is -0.134. The smallest absolute Gasteiger partial charge is 0.261 e. The second-order valence-corrected chi connectivity index (χ2v) is 8.77. The lowest BCUT2D eigenvalue weighted by Crippen LogP contribution is -2.36. The third kappa shape index (κ3) is 4.38. The molecule has 0 spiro atoms. The van der Waals surface area contributed by atoms with Crippen molar-refractivity contribution in [1.29, 1.82) is 0 Å². The highest BCUT2D eigenvalue weighted by atomic mass is 79.9. The molecule has 3 aromatic rings. The molecule has 0 N–H and O–H groups in total. The van der Waals surface area contributed by atoms with Crippen molar-refractivity contribution in [3.8, 4) is 0 Å². The summed E-state index contributed by atoms with van der Waals surface area (Å²) in [6.07, 6.45) is 3.83. The number of aromatic nitrogens is 2. The molecule has 1 aromatic heterocycles. The zero-order valence-corrected chi connectivity index (χ0v) is 18.4. The number of aryl methyl sites for hydroxylation is 1. The van der Waals surface area contributed by atoms with Crippen LogP contribution in [0.4, 0.5) is 0 Å². The molecule has 4 rings (SSSR count). The summed E-state index contributed by atoms with van der Waals surface area (Å²) >= 11 is 9.39. The highest BCUT2D eigenvalue weighted by molar-refractivity contribution is 9.10. The minimum atomic E-state index is -0.132. The molecule has 1 unspecified atom stereocenters. The molecule has 1 saturated carbocycles. The number of hydrogen-bond donors (Lipinski definition) is 0. The lowest BCUT2D eigenvalue weighted by atomic mass is 10.1. The zero-order valence-electron chi connectivity index (χ0n) is 16.0. The van der Waals surface area contributed by atoms with Crippen LogP contribution in [0.5, 0.6) is 0 Å². The van der Waals surface area contributed by atoms with Gasteiger partial charge in [0.25, 0.3) is 5.56 Å². The summed E-state index contributed by atoms with van der Waals surface area (Å²) in [5.41, 5.74) is 1.58. The summed E-state index contributed by atoms with van der Waals surface area (Å²) in [5, 5.41) is 1.22. The van der Waals surface area contributed by atoms with Crippen LogP contribution in [0, 0.1) is 0 Å².